The summed E-state index contributed by atoms with van der Waals surface area (Å²) in [5, 5.41) is 14.9. The third-order valence-electron chi connectivity index (χ3n) is 2.83. The van der Waals surface area contributed by atoms with Gasteiger partial charge in [0.05, 0.1) is 0 Å². The van der Waals surface area contributed by atoms with Gasteiger partial charge in [-0.2, -0.15) is 0 Å². The second-order valence-electron chi connectivity index (χ2n) is 4.58. The highest BCUT2D eigenvalue weighted by Gasteiger charge is 2.27. The van der Waals surface area contributed by atoms with E-state index in [4.69, 9.17) is 5.11 Å². The minimum atomic E-state index is -2.76. The van der Waals surface area contributed by atoms with Gasteiger partial charge in [-0.1, -0.05) is 0 Å². The van der Waals surface area contributed by atoms with Crippen LogP contribution in [0.4, 0.5) is 20.4 Å². The first-order valence-corrected chi connectivity index (χ1v) is 6.43. The summed E-state index contributed by atoms with van der Waals surface area (Å²) in [4.78, 5) is 8.67. The van der Waals surface area contributed by atoms with Crippen molar-refractivity contribution in [2.75, 3.05) is 23.7 Å². The minimum absolute atomic E-state index is 0.232. The Morgan fingerprint density at radius 1 is 1.32 bits per heavy atom. The molecular weight excluding hydrogens is 254 g/mol. The number of alkyl halides is 2. The number of nitrogens with one attached hydrogen (secondary N) is 2. The van der Waals surface area contributed by atoms with Crippen LogP contribution in [0.2, 0.25) is 0 Å². The molecule has 2 rings (SSSR count). The Hall–Kier alpha value is -1.50. The maximum Gasteiger partial charge on any atom is 0.265 e. The molecule has 1 saturated carbocycles. The molecule has 1 fully saturated rings. The van der Waals surface area contributed by atoms with E-state index in [1.807, 2.05) is 6.92 Å². The fourth-order valence-corrected chi connectivity index (χ4v) is 1.65. The Morgan fingerprint density at radius 2 is 1.95 bits per heavy atom. The van der Waals surface area contributed by atoms with Gasteiger partial charge in [0, 0.05) is 25.1 Å². The molecule has 0 saturated heterocycles. The molecule has 1 heterocycles. The van der Waals surface area contributed by atoms with Crippen molar-refractivity contribution >= 4 is 11.6 Å². The number of nitrogens with zero attached hydrogens (tertiary/aromatic N) is 2. The first kappa shape index (κ1) is 13.9. The Labute approximate surface area is 110 Å². The summed E-state index contributed by atoms with van der Waals surface area (Å²) < 4.78 is 24.4. The maximum absolute atomic E-state index is 12.2. The fraction of sp³-hybridized carbons (Fsp3) is 0.667. The molecule has 0 aromatic carbocycles. The minimum Gasteiger partial charge on any atom is -0.385 e. The van der Waals surface area contributed by atoms with Crippen LogP contribution in [0.3, 0.4) is 0 Å². The second kappa shape index (κ2) is 6.10. The lowest BCUT2D eigenvalue weighted by molar-refractivity contribution is 0.00380. The summed E-state index contributed by atoms with van der Waals surface area (Å²) in [6.07, 6.45) is -2.32. The molecule has 5 nitrogen and oxygen atoms in total. The Kier molecular flexibility index (Phi) is 4.47. The molecule has 0 bridgehead atoms. The van der Waals surface area contributed by atoms with Crippen molar-refractivity contribution in [3.63, 3.8) is 0 Å². The number of halogens is 2. The Morgan fingerprint density at radius 3 is 2.47 bits per heavy atom. The van der Waals surface area contributed by atoms with Crippen LogP contribution < -0.4 is 10.6 Å². The third kappa shape index (κ3) is 3.99. The summed E-state index contributed by atoms with van der Waals surface area (Å²) in [5.41, 5.74) is 0. The Bertz CT molecular complexity index is 426. The largest absolute Gasteiger partial charge is 0.385 e. The maximum atomic E-state index is 12.2. The molecule has 1 atom stereocenters. The van der Waals surface area contributed by atoms with E-state index in [-0.39, 0.29) is 6.54 Å². The standard InChI is InChI=1S/C12H18F2N4O/c1-2-15-9-5-10(16-6-8(19)11(13)14)18-12(17-9)7-3-4-7/h5,7-8,11,19H,2-4,6H2,1H3,(H2,15,16,17,18). The van der Waals surface area contributed by atoms with Crippen LogP contribution in [0.1, 0.15) is 31.5 Å². The van der Waals surface area contributed by atoms with E-state index in [0.717, 1.165) is 25.2 Å². The van der Waals surface area contributed by atoms with Crippen LogP contribution in [0.15, 0.2) is 6.07 Å². The number of aliphatic hydroxyl groups excluding tert-OH is 1. The van der Waals surface area contributed by atoms with Gasteiger partial charge in [0.1, 0.15) is 23.6 Å². The summed E-state index contributed by atoms with van der Waals surface area (Å²) in [5.74, 6) is 2.24. The zero-order valence-electron chi connectivity index (χ0n) is 10.7. The predicted molar refractivity (Wildman–Crippen MR) is 68.7 cm³/mol. The molecule has 0 radical (unpaired) electrons. The zero-order chi connectivity index (χ0) is 13.8. The monoisotopic (exact) mass is 272 g/mol. The van der Waals surface area contributed by atoms with Gasteiger partial charge in [0.2, 0.25) is 0 Å². The molecule has 1 unspecified atom stereocenters. The summed E-state index contributed by atoms with van der Waals surface area (Å²) >= 11 is 0. The van der Waals surface area contributed by atoms with Crippen molar-refractivity contribution in [3.05, 3.63) is 11.9 Å². The quantitative estimate of drug-likeness (QED) is 0.706. The van der Waals surface area contributed by atoms with E-state index >= 15 is 0 Å². The molecule has 7 heteroatoms. The van der Waals surface area contributed by atoms with Crippen LogP contribution in [0.25, 0.3) is 0 Å². The van der Waals surface area contributed by atoms with Gasteiger partial charge in [-0.15, -0.1) is 0 Å². The van der Waals surface area contributed by atoms with Gasteiger partial charge in [0.15, 0.2) is 0 Å². The average molecular weight is 272 g/mol. The molecule has 0 amide bonds. The van der Waals surface area contributed by atoms with Crippen LogP contribution in [-0.4, -0.2) is 40.7 Å². The van der Waals surface area contributed by atoms with Gasteiger partial charge < -0.3 is 15.7 Å². The average Bonchev–Trinajstić information content (AvgIpc) is 3.20. The van der Waals surface area contributed by atoms with Crippen molar-refractivity contribution in [2.24, 2.45) is 0 Å². The fourth-order valence-electron chi connectivity index (χ4n) is 1.65. The van der Waals surface area contributed by atoms with Gasteiger partial charge in [-0.3, -0.25) is 0 Å². The summed E-state index contributed by atoms with van der Waals surface area (Å²) in [6.45, 7) is 2.44. The number of aromatic nitrogens is 2. The number of hydrogen-bond acceptors (Lipinski definition) is 5. The van der Waals surface area contributed by atoms with Crippen molar-refractivity contribution in [1.82, 2.24) is 9.97 Å². The second-order valence-corrected chi connectivity index (χ2v) is 4.58. The summed E-state index contributed by atoms with van der Waals surface area (Å²) in [7, 11) is 0. The van der Waals surface area contributed by atoms with E-state index in [1.165, 1.54) is 0 Å². The van der Waals surface area contributed by atoms with Crippen LogP contribution in [0, 0.1) is 0 Å². The normalized spacial score (nSPS) is 16.5. The first-order valence-electron chi connectivity index (χ1n) is 6.43. The van der Waals surface area contributed by atoms with Gasteiger partial charge in [0.25, 0.3) is 6.43 Å². The van der Waals surface area contributed by atoms with E-state index < -0.39 is 12.5 Å². The molecule has 1 aliphatic rings. The number of anilines is 2. The molecule has 1 aliphatic carbocycles. The van der Waals surface area contributed by atoms with Crippen molar-refractivity contribution < 1.29 is 13.9 Å². The lowest BCUT2D eigenvalue weighted by Gasteiger charge is -2.13. The van der Waals surface area contributed by atoms with E-state index in [2.05, 4.69) is 20.6 Å². The van der Waals surface area contributed by atoms with Crippen molar-refractivity contribution in [1.29, 1.82) is 0 Å². The highest BCUT2D eigenvalue weighted by Crippen LogP contribution is 2.38. The Balaban J connectivity index is 2.05. The van der Waals surface area contributed by atoms with Gasteiger partial charge in [-0.05, 0) is 19.8 Å². The highest BCUT2D eigenvalue weighted by molar-refractivity contribution is 5.48. The molecule has 0 spiro atoms. The molecule has 3 N–H and O–H groups in total. The predicted octanol–water partition coefficient (Wildman–Crippen LogP) is 1.82. The molecule has 1 aromatic rings. The number of hydrogen-bond donors (Lipinski definition) is 3. The third-order valence-corrected chi connectivity index (χ3v) is 2.83. The van der Waals surface area contributed by atoms with Crippen LogP contribution in [0.5, 0.6) is 0 Å². The lowest BCUT2D eigenvalue weighted by atomic mass is 10.3. The lowest BCUT2D eigenvalue weighted by Crippen LogP contribution is -2.27. The molecule has 19 heavy (non-hydrogen) atoms. The molecular formula is C12H18F2N4O. The van der Waals surface area contributed by atoms with Crippen LogP contribution >= 0.6 is 0 Å². The molecule has 106 valence electrons. The van der Waals surface area contributed by atoms with E-state index in [9.17, 15) is 8.78 Å². The highest BCUT2D eigenvalue weighted by atomic mass is 19.3. The number of rotatable bonds is 7. The van der Waals surface area contributed by atoms with Gasteiger partial charge in [-0.25, -0.2) is 18.7 Å². The molecule has 0 aliphatic heterocycles. The van der Waals surface area contributed by atoms with Gasteiger partial charge >= 0.3 is 0 Å². The number of aliphatic hydroxyl groups is 1. The summed E-state index contributed by atoms with van der Waals surface area (Å²) in [6, 6.07) is 1.66. The van der Waals surface area contributed by atoms with E-state index in [0.29, 0.717) is 17.6 Å². The smallest absolute Gasteiger partial charge is 0.265 e. The topological polar surface area (TPSA) is 70.1 Å². The van der Waals surface area contributed by atoms with Crippen LogP contribution in [-0.2, 0) is 0 Å². The zero-order valence-corrected chi connectivity index (χ0v) is 10.7. The van der Waals surface area contributed by atoms with Crippen molar-refractivity contribution in [2.45, 2.75) is 38.2 Å². The molecule has 1 aromatic heterocycles. The van der Waals surface area contributed by atoms with Crippen molar-refractivity contribution in [3.8, 4) is 0 Å². The SMILES string of the molecule is CCNc1cc(NCC(O)C(F)F)nc(C2CC2)n1. The first-order chi connectivity index (χ1) is 9.10. The van der Waals surface area contributed by atoms with E-state index in [1.54, 1.807) is 6.07 Å².